The minimum atomic E-state index is -0.578. The normalized spacial score (nSPS) is 19.8. The van der Waals surface area contributed by atoms with Gasteiger partial charge in [-0.05, 0) is 49.6 Å². The van der Waals surface area contributed by atoms with Crippen molar-refractivity contribution in [3.8, 4) is 5.75 Å². The molecule has 19 heavy (non-hydrogen) atoms. The van der Waals surface area contributed by atoms with E-state index < -0.39 is 6.10 Å². The van der Waals surface area contributed by atoms with Crippen LogP contribution in [-0.4, -0.2) is 38.6 Å². The third-order valence-electron chi connectivity index (χ3n) is 3.58. The van der Waals surface area contributed by atoms with Crippen molar-refractivity contribution >= 4 is 0 Å². The summed E-state index contributed by atoms with van der Waals surface area (Å²) in [6.45, 7) is 0.564. The maximum absolute atomic E-state index is 9.57. The van der Waals surface area contributed by atoms with Gasteiger partial charge in [-0.2, -0.15) is 0 Å². The summed E-state index contributed by atoms with van der Waals surface area (Å²) < 4.78 is 10.5. The molecule has 2 unspecified atom stereocenters. The maximum atomic E-state index is 9.57. The molecule has 0 radical (unpaired) electrons. The van der Waals surface area contributed by atoms with Crippen molar-refractivity contribution in [1.29, 1.82) is 0 Å². The number of hydrogen-bond acceptors (Lipinski definition) is 4. The van der Waals surface area contributed by atoms with Crippen LogP contribution >= 0.6 is 0 Å². The molecular weight excluding hydrogens is 242 g/mol. The van der Waals surface area contributed by atoms with Crippen LogP contribution in [0.3, 0.4) is 0 Å². The highest BCUT2D eigenvalue weighted by Crippen LogP contribution is 2.31. The molecule has 0 aliphatic heterocycles. The number of rotatable bonds is 6. The number of hydrogen-bond donors (Lipinski definition) is 2. The molecule has 2 rings (SSSR count). The minimum absolute atomic E-state index is 0.266. The first-order chi connectivity index (χ1) is 9.24. The summed E-state index contributed by atoms with van der Waals surface area (Å²) in [6, 6.07) is 6.66. The molecule has 0 amide bonds. The monoisotopic (exact) mass is 265 g/mol. The van der Waals surface area contributed by atoms with E-state index in [2.05, 4.69) is 17.4 Å². The average molecular weight is 265 g/mol. The molecule has 1 aliphatic carbocycles. The fourth-order valence-electron chi connectivity index (χ4n) is 2.61. The highest BCUT2D eigenvalue weighted by atomic mass is 16.5. The molecule has 0 heterocycles. The van der Waals surface area contributed by atoms with Crippen LogP contribution in [0.15, 0.2) is 18.2 Å². The molecule has 0 saturated heterocycles. The van der Waals surface area contributed by atoms with E-state index in [-0.39, 0.29) is 6.61 Å². The first-order valence-corrected chi connectivity index (χ1v) is 6.84. The molecule has 2 N–H and O–H groups in total. The van der Waals surface area contributed by atoms with Crippen molar-refractivity contribution in [2.75, 3.05) is 27.4 Å². The highest BCUT2D eigenvalue weighted by Gasteiger charge is 2.19. The minimum Gasteiger partial charge on any atom is -0.491 e. The van der Waals surface area contributed by atoms with Gasteiger partial charge >= 0.3 is 0 Å². The van der Waals surface area contributed by atoms with Gasteiger partial charge in [0.25, 0.3) is 0 Å². The summed E-state index contributed by atoms with van der Waals surface area (Å²) in [4.78, 5) is 0. The molecule has 0 aromatic heterocycles. The summed E-state index contributed by atoms with van der Waals surface area (Å²) >= 11 is 0. The number of aliphatic hydroxyl groups excluding tert-OH is 1. The molecule has 1 aliphatic rings. The van der Waals surface area contributed by atoms with Gasteiger partial charge in [0.1, 0.15) is 18.5 Å². The number of nitrogens with one attached hydrogen (secondary N) is 1. The number of fused-ring (bicyclic) bond motifs is 1. The van der Waals surface area contributed by atoms with Gasteiger partial charge in [0.15, 0.2) is 0 Å². The van der Waals surface area contributed by atoms with E-state index in [4.69, 9.17) is 9.47 Å². The Bertz CT molecular complexity index is 408. The lowest BCUT2D eigenvalue weighted by molar-refractivity contribution is 0.0325. The van der Waals surface area contributed by atoms with E-state index in [0.29, 0.717) is 12.6 Å². The topological polar surface area (TPSA) is 50.7 Å². The lowest BCUT2D eigenvalue weighted by atomic mass is 9.87. The number of aryl methyl sites for hydroxylation is 1. The predicted molar refractivity (Wildman–Crippen MR) is 74.6 cm³/mol. The zero-order valence-electron chi connectivity index (χ0n) is 11.7. The molecular formula is C15H23NO3. The predicted octanol–water partition coefficient (Wildman–Crippen LogP) is 1.67. The Morgan fingerprint density at radius 3 is 3.00 bits per heavy atom. The van der Waals surface area contributed by atoms with E-state index >= 15 is 0 Å². The van der Waals surface area contributed by atoms with Crippen LogP contribution < -0.4 is 10.1 Å². The Morgan fingerprint density at radius 1 is 1.42 bits per heavy atom. The smallest absolute Gasteiger partial charge is 0.119 e. The van der Waals surface area contributed by atoms with Crippen molar-refractivity contribution in [3.63, 3.8) is 0 Å². The van der Waals surface area contributed by atoms with Crippen LogP contribution in [0.4, 0.5) is 0 Å². The molecule has 4 heteroatoms. The lowest BCUT2D eigenvalue weighted by Gasteiger charge is -2.25. The Kier molecular flexibility index (Phi) is 5.19. The fourth-order valence-corrected chi connectivity index (χ4v) is 2.61. The van der Waals surface area contributed by atoms with Crippen molar-refractivity contribution in [1.82, 2.24) is 5.32 Å². The number of ether oxygens (including phenoxy) is 2. The summed E-state index contributed by atoms with van der Waals surface area (Å²) in [6.07, 6.45) is 2.92. The van der Waals surface area contributed by atoms with Crippen LogP contribution in [0.25, 0.3) is 0 Å². The molecule has 0 fully saturated rings. The van der Waals surface area contributed by atoms with Crippen molar-refractivity contribution in [2.24, 2.45) is 0 Å². The first kappa shape index (κ1) is 14.3. The molecule has 1 aromatic rings. The van der Waals surface area contributed by atoms with E-state index in [1.165, 1.54) is 24.0 Å². The second-order valence-electron chi connectivity index (χ2n) is 5.01. The summed E-state index contributed by atoms with van der Waals surface area (Å²) in [5, 5.41) is 12.9. The maximum Gasteiger partial charge on any atom is 0.119 e. The lowest BCUT2D eigenvalue weighted by Crippen LogP contribution is -2.23. The Balaban J connectivity index is 2.00. The Labute approximate surface area is 114 Å². The van der Waals surface area contributed by atoms with Crippen LogP contribution in [0, 0.1) is 0 Å². The molecule has 4 nitrogen and oxygen atoms in total. The number of aliphatic hydroxyl groups is 1. The molecule has 106 valence electrons. The SMILES string of the molecule is CNC1CCCc2cc(OCC(O)COC)ccc21. The van der Waals surface area contributed by atoms with Crippen LogP contribution in [0.2, 0.25) is 0 Å². The first-order valence-electron chi connectivity index (χ1n) is 6.84. The third kappa shape index (κ3) is 3.69. The van der Waals surface area contributed by atoms with Crippen LogP contribution in [0.1, 0.15) is 30.0 Å². The number of methoxy groups -OCH3 is 1. The zero-order valence-corrected chi connectivity index (χ0v) is 11.7. The summed E-state index contributed by atoms with van der Waals surface area (Å²) in [5.41, 5.74) is 2.72. The van der Waals surface area contributed by atoms with Gasteiger partial charge < -0.3 is 19.9 Å². The average Bonchev–Trinajstić information content (AvgIpc) is 2.44. The summed E-state index contributed by atoms with van der Waals surface area (Å²) in [7, 11) is 3.57. The van der Waals surface area contributed by atoms with Crippen LogP contribution in [-0.2, 0) is 11.2 Å². The van der Waals surface area contributed by atoms with Crippen LogP contribution in [0.5, 0.6) is 5.75 Å². The third-order valence-corrected chi connectivity index (χ3v) is 3.58. The molecule has 0 spiro atoms. The second kappa shape index (κ2) is 6.89. The fraction of sp³-hybridized carbons (Fsp3) is 0.600. The van der Waals surface area contributed by atoms with Gasteiger partial charge in [-0.3, -0.25) is 0 Å². The Morgan fingerprint density at radius 2 is 2.26 bits per heavy atom. The Hall–Kier alpha value is -1.10. The standard InChI is InChI=1S/C15H23NO3/c1-16-15-5-3-4-11-8-13(6-7-14(11)15)19-10-12(17)9-18-2/h6-8,12,15-17H,3-5,9-10H2,1-2H3. The molecule has 0 bridgehead atoms. The van der Waals surface area contributed by atoms with E-state index in [1.807, 2.05) is 13.1 Å². The van der Waals surface area contributed by atoms with Gasteiger partial charge in [0.05, 0.1) is 6.61 Å². The van der Waals surface area contributed by atoms with E-state index in [9.17, 15) is 5.11 Å². The van der Waals surface area contributed by atoms with Crippen molar-refractivity contribution in [3.05, 3.63) is 29.3 Å². The van der Waals surface area contributed by atoms with E-state index in [1.54, 1.807) is 7.11 Å². The van der Waals surface area contributed by atoms with Crippen molar-refractivity contribution < 1.29 is 14.6 Å². The van der Waals surface area contributed by atoms with E-state index in [0.717, 1.165) is 12.2 Å². The van der Waals surface area contributed by atoms with Gasteiger partial charge in [-0.25, -0.2) is 0 Å². The van der Waals surface area contributed by atoms with Crippen molar-refractivity contribution in [2.45, 2.75) is 31.4 Å². The van der Waals surface area contributed by atoms with Gasteiger partial charge in [0.2, 0.25) is 0 Å². The second-order valence-corrected chi connectivity index (χ2v) is 5.01. The zero-order chi connectivity index (χ0) is 13.7. The highest BCUT2D eigenvalue weighted by molar-refractivity contribution is 5.39. The van der Waals surface area contributed by atoms with Gasteiger partial charge in [-0.15, -0.1) is 0 Å². The largest absolute Gasteiger partial charge is 0.491 e. The summed E-state index contributed by atoms with van der Waals surface area (Å²) in [5.74, 6) is 0.825. The number of benzene rings is 1. The molecule has 1 aromatic carbocycles. The van der Waals surface area contributed by atoms with Gasteiger partial charge in [-0.1, -0.05) is 6.07 Å². The quantitative estimate of drug-likeness (QED) is 0.821. The molecule has 0 saturated carbocycles. The van der Waals surface area contributed by atoms with Gasteiger partial charge in [0, 0.05) is 13.2 Å². The molecule has 2 atom stereocenters.